The summed E-state index contributed by atoms with van der Waals surface area (Å²) in [5, 5.41) is 41.8. The van der Waals surface area contributed by atoms with Gasteiger partial charge in [0, 0.05) is 11.3 Å². The van der Waals surface area contributed by atoms with Crippen molar-refractivity contribution in [2.45, 2.75) is 44.0 Å². The molecule has 2 saturated heterocycles. The van der Waals surface area contributed by atoms with Gasteiger partial charge in [-0.3, -0.25) is 5.41 Å². The van der Waals surface area contributed by atoms with E-state index in [1.807, 2.05) is 36.6 Å². The topological polar surface area (TPSA) is 114 Å². The molecule has 1 aromatic heterocycles. The molecule has 3 aliphatic rings. The standard InChI is InChI=1S/C24H20N4O2S/c1-15-8-10-31-19(15)20-22(12-25,13-26)23(14-27)18-11-17(16-5-3-2-4-6-16)7-9-24(18,29-20)30-21(23)28/h2-6,8,10,17-18,20,28H,7,9,11H2,1H3. The summed E-state index contributed by atoms with van der Waals surface area (Å²) in [6, 6.07) is 18.5. The molecule has 1 saturated carbocycles. The van der Waals surface area contributed by atoms with Crippen molar-refractivity contribution in [2.75, 3.05) is 0 Å². The summed E-state index contributed by atoms with van der Waals surface area (Å²) in [5.74, 6) is -1.92. The third-order valence-corrected chi connectivity index (χ3v) is 8.38. The Morgan fingerprint density at radius 3 is 2.45 bits per heavy atom. The average molecular weight is 429 g/mol. The van der Waals surface area contributed by atoms with Crippen LogP contribution in [0, 0.1) is 63.1 Å². The van der Waals surface area contributed by atoms with Crippen molar-refractivity contribution in [1.82, 2.24) is 0 Å². The number of hydrogen-bond acceptors (Lipinski definition) is 7. The highest BCUT2D eigenvalue weighted by molar-refractivity contribution is 7.10. The Labute approximate surface area is 184 Å². The third-order valence-electron chi connectivity index (χ3n) is 7.32. The quantitative estimate of drug-likeness (QED) is 0.726. The van der Waals surface area contributed by atoms with E-state index in [1.165, 1.54) is 11.3 Å². The Hall–Kier alpha value is -3.18. The summed E-state index contributed by atoms with van der Waals surface area (Å²) >= 11 is 1.40. The molecule has 1 N–H and O–H groups in total. The Kier molecular flexibility index (Phi) is 4.25. The smallest absolute Gasteiger partial charge is 0.217 e. The van der Waals surface area contributed by atoms with Gasteiger partial charge in [-0.25, -0.2) is 0 Å². The first kappa shape index (κ1) is 19.8. The van der Waals surface area contributed by atoms with Gasteiger partial charge >= 0.3 is 0 Å². The Morgan fingerprint density at radius 2 is 1.84 bits per heavy atom. The molecule has 2 bridgehead atoms. The van der Waals surface area contributed by atoms with Crippen LogP contribution in [0.25, 0.3) is 0 Å². The molecule has 31 heavy (non-hydrogen) atoms. The van der Waals surface area contributed by atoms with E-state index in [1.54, 1.807) is 0 Å². The van der Waals surface area contributed by atoms with Crippen molar-refractivity contribution in [3.63, 3.8) is 0 Å². The molecule has 2 aromatic rings. The van der Waals surface area contributed by atoms with Crippen molar-refractivity contribution in [1.29, 1.82) is 21.2 Å². The maximum atomic E-state index is 10.5. The van der Waals surface area contributed by atoms with E-state index >= 15 is 0 Å². The summed E-state index contributed by atoms with van der Waals surface area (Å²) in [4.78, 5) is 0.740. The van der Waals surface area contributed by atoms with Crippen molar-refractivity contribution >= 4 is 17.2 Å². The minimum Gasteiger partial charge on any atom is -0.447 e. The SMILES string of the molecule is Cc1ccsc1C1OC23CCC(c4ccccc4)CC2C(C#N)(C(=N)O3)C1(C#N)C#N. The zero-order chi connectivity index (χ0) is 21.9. The molecule has 3 heterocycles. The molecule has 7 heteroatoms. The van der Waals surface area contributed by atoms with Gasteiger partial charge in [-0.1, -0.05) is 30.3 Å². The monoisotopic (exact) mass is 428 g/mol. The van der Waals surface area contributed by atoms with Gasteiger partial charge in [0.05, 0.1) is 24.1 Å². The van der Waals surface area contributed by atoms with Crippen molar-refractivity contribution in [3.05, 3.63) is 57.8 Å². The molecule has 6 nitrogen and oxygen atoms in total. The minimum absolute atomic E-state index is 0.139. The maximum Gasteiger partial charge on any atom is 0.217 e. The lowest BCUT2D eigenvalue weighted by Crippen LogP contribution is -2.60. The average Bonchev–Trinajstić information content (AvgIpc) is 3.31. The van der Waals surface area contributed by atoms with Crippen LogP contribution in [-0.4, -0.2) is 11.7 Å². The fraction of sp³-hybridized carbons (Fsp3) is 0.417. The van der Waals surface area contributed by atoms with Gasteiger partial charge in [0.2, 0.25) is 17.1 Å². The van der Waals surface area contributed by atoms with E-state index < -0.39 is 28.6 Å². The number of aryl methyl sites for hydroxylation is 1. The molecule has 154 valence electrons. The highest BCUT2D eigenvalue weighted by Crippen LogP contribution is 2.71. The number of benzene rings is 1. The lowest BCUT2D eigenvalue weighted by Gasteiger charge is -2.52. The van der Waals surface area contributed by atoms with Crippen molar-refractivity contribution in [3.8, 4) is 18.2 Å². The van der Waals surface area contributed by atoms with Crippen molar-refractivity contribution < 1.29 is 9.47 Å². The molecule has 5 rings (SSSR count). The van der Waals surface area contributed by atoms with E-state index in [0.717, 1.165) is 22.4 Å². The summed E-state index contributed by atoms with van der Waals surface area (Å²) < 4.78 is 12.5. The predicted octanol–water partition coefficient (Wildman–Crippen LogP) is 4.96. The fourth-order valence-electron chi connectivity index (χ4n) is 5.75. The molecule has 3 fully saturated rings. The van der Waals surface area contributed by atoms with Gasteiger partial charge in [-0.2, -0.15) is 15.8 Å². The van der Waals surface area contributed by atoms with Gasteiger partial charge in [0.25, 0.3) is 0 Å². The zero-order valence-corrected chi connectivity index (χ0v) is 17.8. The van der Waals surface area contributed by atoms with E-state index in [2.05, 4.69) is 30.3 Å². The number of rotatable bonds is 2. The van der Waals surface area contributed by atoms with Crippen molar-refractivity contribution in [2.24, 2.45) is 16.7 Å². The maximum absolute atomic E-state index is 10.5. The molecule has 0 spiro atoms. The van der Waals surface area contributed by atoms with E-state index in [-0.39, 0.29) is 11.8 Å². The summed E-state index contributed by atoms with van der Waals surface area (Å²) in [6.45, 7) is 1.90. The summed E-state index contributed by atoms with van der Waals surface area (Å²) in [5.41, 5.74) is -1.52. The molecule has 5 unspecified atom stereocenters. The van der Waals surface area contributed by atoms with E-state index in [0.29, 0.717) is 12.8 Å². The van der Waals surface area contributed by atoms with Crippen LogP contribution in [0.1, 0.15) is 47.3 Å². The zero-order valence-electron chi connectivity index (χ0n) is 17.0. The van der Waals surface area contributed by atoms with Crippen LogP contribution in [0.4, 0.5) is 0 Å². The summed E-state index contributed by atoms with van der Waals surface area (Å²) in [6.07, 6.45) is 0.838. The second-order valence-electron chi connectivity index (χ2n) is 8.59. The lowest BCUT2D eigenvalue weighted by atomic mass is 9.51. The van der Waals surface area contributed by atoms with Gasteiger partial charge < -0.3 is 9.47 Å². The van der Waals surface area contributed by atoms with E-state index in [9.17, 15) is 15.8 Å². The van der Waals surface area contributed by atoms with Gasteiger partial charge in [-0.05, 0) is 48.3 Å². The van der Waals surface area contributed by atoms with Crippen LogP contribution in [-0.2, 0) is 9.47 Å². The van der Waals surface area contributed by atoms with Crippen LogP contribution in [0.15, 0.2) is 41.8 Å². The number of hydrogen-bond donors (Lipinski definition) is 1. The highest BCUT2D eigenvalue weighted by Gasteiger charge is 2.81. The first-order valence-corrected chi connectivity index (χ1v) is 11.1. The molecular formula is C24H20N4O2S. The molecule has 1 aliphatic carbocycles. The van der Waals surface area contributed by atoms with Crippen LogP contribution in [0.3, 0.4) is 0 Å². The van der Waals surface area contributed by atoms with Gasteiger partial charge in [-0.15, -0.1) is 11.3 Å². The second-order valence-corrected chi connectivity index (χ2v) is 9.54. The Bertz CT molecular complexity index is 1170. The van der Waals surface area contributed by atoms with Crippen LogP contribution in [0.2, 0.25) is 0 Å². The Balaban J connectivity index is 1.70. The number of ether oxygens (including phenoxy) is 2. The predicted molar refractivity (Wildman–Crippen MR) is 113 cm³/mol. The third kappa shape index (κ3) is 2.30. The molecule has 5 atom stereocenters. The molecule has 1 aromatic carbocycles. The van der Waals surface area contributed by atoms with Crippen LogP contribution >= 0.6 is 11.3 Å². The van der Waals surface area contributed by atoms with Gasteiger partial charge in [0.15, 0.2) is 5.41 Å². The summed E-state index contributed by atoms with van der Waals surface area (Å²) in [7, 11) is 0. The molecule has 0 radical (unpaired) electrons. The Morgan fingerprint density at radius 1 is 1.10 bits per heavy atom. The lowest BCUT2D eigenvalue weighted by molar-refractivity contribution is -0.295. The first-order valence-electron chi connectivity index (χ1n) is 10.3. The molecule has 2 aliphatic heterocycles. The second kappa shape index (κ2) is 6.66. The molecule has 0 amide bonds. The number of thiophene rings is 1. The normalized spacial score (nSPS) is 35.2. The van der Waals surface area contributed by atoms with E-state index in [4.69, 9.17) is 14.9 Å². The number of nitrogens with zero attached hydrogens (tertiary/aromatic N) is 3. The minimum atomic E-state index is -1.88. The molecular weight excluding hydrogens is 408 g/mol. The van der Waals surface area contributed by atoms with Gasteiger partial charge in [0.1, 0.15) is 6.10 Å². The largest absolute Gasteiger partial charge is 0.447 e. The highest BCUT2D eigenvalue weighted by atomic mass is 32.1. The fourth-order valence-corrected chi connectivity index (χ4v) is 6.77. The number of nitriles is 3. The first-order chi connectivity index (χ1) is 15.0. The van der Waals surface area contributed by atoms with Crippen LogP contribution in [0.5, 0.6) is 0 Å². The number of nitrogens with one attached hydrogen (secondary N) is 1. The van der Waals surface area contributed by atoms with Crippen LogP contribution < -0.4 is 0 Å².